The Kier molecular flexibility index (Phi) is 4.58. The molecule has 0 saturated heterocycles. The van der Waals surface area contributed by atoms with Crippen LogP contribution in [-0.4, -0.2) is 35.6 Å². The molecule has 1 aliphatic rings. The Morgan fingerprint density at radius 1 is 1.53 bits per heavy atom. The minimum Gasteiger partial charge on any atom is -0.459 e. The third-order valence-electron chi connectivity index (χ3n) is 3.79. The number of hydrogen-bond acceptors (Lipinski definition) is 4. The van der Waals surface area contributed by atoms with E-state index in [1.165, 1.54) is 12.8 Å². The van der Waals surface area contributed by atoms with Gasteiger partial charge in [-0.25, -0.2) is 4.79 Å². The Bertz CT molecular complexity index is 436. The van der Waals surface area contributed by atoms with Gasteiger partial charge in [-0.1, -0.05) is 12.8 Å². The lowest BCUT2D eigenvalue weighted by atomic mass is 10.2. The van der Waals surface area contributed by atoms with Crippen LogP contribution in [0.5, 0.6) is 0 Å². The van der Waals surface area contributed by atoms with Crippen molar-refractivity contribution in [3.05, 3.63) is 17.5 Å². The summed E-state index contributed by atoms with van der Waals surface area (Å²) in [5.74, 6) is -0.314. The summed E-state index contributed by atoms with van der Waals surface area (Å²) in [6.07, 6.45) is 6.32. The minimum atomic E-state index is -0.314. The predicted octanol–water partition coefficient (Wildman–Crippen LogP) is 2.50. The number of nitrogens with zero attached hydrogens (tertiary/aromatic N) is 2. The smallest absolute Gasteiger partial charge is 0.341 e. The van der Waals surface area contributed by atoms with Crippen molar-refractivity contribution in [2.75, 3.05) is 13.7 Å². The molecular formula is C14H22N2O3. The Balaban J connectivity index is 2.02. The van der Waals surface area contributed by atoms with Crippen LogP contribution in [0.25, 0.3) is 0 Å². The first kappa shape index (κ1) is 14.1. The average molecular weight is 266 g/mol. The van der Waals surface area contributed by atoms with Crippen molar-refractivity contribution < 1.29 is 14.3 Å². The van der Waals surface area contributed by atoms with Gasteiger partial charge in [0, 0.05) is 7.11 Å². The maximum Gasteiger partial charge on any atom is 0.341 e. The van der Waals surface area contributed by atoms with Gasteiger partial charge < -0.3 is 9.47 Å². The summed E-state index contributed by atoms with van der Waals surface area (Å²) in [6, 6.07) is 0.444. The summed E-state index contributed by atoms with van der Waals surface area (Å²) >= 11 is 0. The van der Waals surface area contributed by atoms with Gasteiger partial charge in [0.05, 0.1) is 24.0 Å². The maximum absolute atomic E-state index is 12.0. The highest BCUT2D eigenvalue weighted by Crippen LogP contribution is 2.30. The Morgan fingerprint density at radius 2 is 2.21 bits per heavy atom. The van der Waals surface area contributed by atoms with Crippen molar-refractivity contribution in [2.45, 2.75) is 51.7 Å². The van der Waals surface area contributed by atoms with Crippen molar-refractivity contribution in [2.24, 2.45) is 0 Å². The highest BCUT2D eigenvalue weighted by Gasteiger charge is 2.23. The molecule has 1 heterocycles. The van der Waals surface area contributed by atoms with Crippen LogP contribution in [-0.2, 0) is 9.47 Å². The van der Waals surface area contributed by atoms with E-state index in [-0.39, 0.29) is 18.7 Å². The van der Waals surface area contributed by atoms with Gasteiger partial charge in [-0.05, 0) is 26.7 Å². The predicted molar refractivity (Wildman–Crippen MR) is 71.2 cm³/mol. The molecular weight excluding hydrogens is 244 g/mol. The molecule has 0 unspecified atom stereocenters. The summed E-state index contributed by atoms with van der Waals surface area (Å²) in [6.45, 7) is 4.06. The Hall–Kier alpha value is -1.36. The average Bonchev–Trinajstić information content (AvgIpc) is 3.04. The maximum atomic E-state index is 12.0. The van der Waals surface area contributed by atoms with Crippen molar-refractivity contribution in [3.63, 3.8) is 0 Å². The van der Waals surface area contributed by atoms with E-state index in [2.05, 4.69) is 5.10 Å². The van der Waals surface area contributed by atoms with Crippen LogP contribution < -0.4 is 0 Å². The molecule has 5 heteroatoms. The summed E-state index contributed by atoms with van der Waals surface area (Å²) in [5.41, 5.74) is 1.47. The first-order valence-corrected chi connectivity index (χ1v) is 6.87. The molecule has 106 valence electrons. The van der Waals surface area contributed by atoms with Crippen LogP contribution in [0.3, 0.4) is 0 Å². The van der Waals surface area contributed by atoms with Gasteiger partial charge in [-0.3, -0.25) is 4.68 Å². The molecule has 2 rings (SSSR count). The fourth-order valence-electron chi connectivity index (χ4n) is 2.48. The molecule has 1 aliphatic carbocycles. The molecule has 0 N–H and O–H groups in total. The van der Waals surface area contributed by atoms with Crippen molar-refractivity contribution in [1.29, 1.82) is 0 Å². The third kappa shape index (κ3) is 3.15. The van der Waals surface area contributed by atoms with Crippen molar-refractivity contribution in [3.8, 4) is 0 Å². The molecule has 0 radical (unpaired) electrons. The van der Waals surface area contributed by atoms with E-state index in [1.807, 2.05) is 18.5 Å². The van der Waals surface area contributed by atoms with E-state index in [1.54, 1.807) is 13.3 Å². The SMILES string of the molecule is CO[C@H](C)COC(=O)c1cnn(C2CCCC2)c1C. The van der Waals surface area contributed by atoms with Crippen molar-refractivity contribution in [1.82, 2.24) is 9.78 Å². The second kappa shape index (κ2) is 6.19. The van der Waals surface area contributed by atoms with Crippen LogP contribution in [0.1, 0.15) is 54.7 Å². The minimum absolute atomic E-state index is 0.0888. The van der Waals surface area contributed by atoms with Gasteiger partial charge >= 0.3 is 5.97 Å². The van der Waals surface area contributed by atoms with Crippen LogP contribution in [0.4, 0.5) is 0 Å². The van der Waals surface area contributed by atoms with E-state index in [9.17, 15) is 4.79 Å². The zero-order valence-electron chi connectivity index (χ0n) is 11.9. The standard InChI is InChI=1S/C14H22N2O3/c1-10(18-3)9-19-14(17)13-8-15-16(11(13)2)12-6-4-5-7-12/h8,10,12H,4-7,9H2,1-3H3/t10-/m1/s1. The fourth-order valence-corrected chi connectivity index (χ4v) is 2.48. The molecule has 1 fully saturated rings. The van der Waals surface area contributed by atoms with E-state index >= 15 is 0 Å². The molecule has 0 aliphatic heterocycles. The quantitative estimate of drug-likeness (QED) is 0.768. The van der Waals surface area contributed by atoms with Gasteiger partial charge in [-0.2, -0.15) is 5.10 Å². The van der Waals surface area contributed by atoms with E-state index in [0.29, 0.717) is 11.6 Å². The molecule has 1 saturated carbocycles. The summed E-state index contributed by atoms with van der Waals surface area (Å²) < 4.78 is 12.3. The first-order chi connectivity index (χ1) is 9.13. The van der Waals surface area contributed by atoms with Crippen LogP contribution in [0.2, 0.25) is 0 Å². The van der Waals surface area contributed by atoms with Gasteiger partial charge in [0.2, 0.25) is 0 Å². The largest absolute Gasteiger partial charge is 0.459 e. The van der Waals surface area contributed by atoms with E-state index in [4.69, 9.17) is 9.47 Å². The highest BCUT2D eigenvalue weighted by molar-refractivity contribution is 5.90. The fraction of sp³-hybridized carbons (Fsp3) is 0.714. The molecule has 1 aromatic rings. The van der Waals surface area contributed by atoms with Crippen LogP contribution in [0, 0.1) is 6.92 Å². The van der Waals surface area contributed by atoms with Gasteiger partial charge in [0.1, 0.15) is 12.2 Å². The number of methoxy groups -OCH3 is 1. The monoisotopic (exact) mass is 266 g/mol. The number of aromatic nitrogens is 2. The summed E-state index contributed by atoms with van der Waals surface area (Å²) in [4.78, 5) is 12.0. The molecule has 0 amide bonds. The molecule has 0 bridgehead atoms. The van der Waals surface area contributed by atoms with E-state index in [0.717, 1.165) is 18.5 Å². The number of esters is 1. The Labute approximate surface area is 113 Å². The number of hydrogen-bond donors (Lipinski definition) is 0. The molecule has 0 spiro atoms. The number of ether oxygens (including phenoxy) is 2. The summed E-state index contributed by atoms with van der Waals surface area (Å²) in [5, 5.41) is 4.35. The molecule has 5 nitrogen and oxygen atoms in total. The molecule has 19 heavy (non-hydrogen) atoms. The lowest BCUT2D eigenvalue weighted by Crippen LogP contribution is -2.18. The topological polar surface area (TPSA) is 53.4 Å². The molecule has 1 aromatic heterocycles. The molecule has 0 aromatic carbocycles. The van der Waals surface area contributed by atoms with Gasteiger partial charge in [0.25, 0.3) is 0 Å². The second-order valence-electron chi connectivity index (χ2n) is 5.17. The number of carbonyl (C=O) groups excluding carboxylic acids is 1. The van der Waals surface area contributed by atoms with Crippen molar-refractivity contribution >= 4 is 5.97 Å². The Morgan fingerprint density at radius 3 is 2.84 bits per heavy atom. The molecule has 1 atom stereocenters. The van der Waals surface area contributed by atoms with Crippen LogP contribution >= 0.6 is 0 Å². The lowest BCUT2D eigenvalue weighted by molar-refractivity contribution is 0.0168. The van der Waals surface area contributed by atoms with E-state index < -0.39 is 0 Å². The zero-order valence-corrected chi connectivity index (χ0v) is 11.9. The third-order valence-corrected chi connectivity index (χ3v) is 3.79. The van der Waals surface area contributed by atoms with Gasteiger partial charge in [0.15, 0.2) is 0 Å². The number of carbonyl (C=O) groups is 1. The lowest BCUT2D eigenvalue weighted by Gasteiger charge is -2.13. The normalized spacial score (nSPS) is 17.6. The zero-order chi connectivity index (χ0) is 13.8. The van der Waals surface area contributed by atoms with Crippen LogP contribution in [0.15, 0.2) is 6.20 Å². The highest BCUT2D eigenvalue weighted by atomic mass is 16.6. The summed E-state index contributed by atoms with van der Waals surface area (Å²) in [7, 11) is 1.60. The van der Waals surface area contributed by atoms with Gasteiger partial charge in [-0.15, -0.1) is 0 Å². The second-order valence-corrected chi connectivity index (χ2v) is 5.17. The first-order valence-electron chi connectivity index (χ1n) is 6.87. The number of rotatable bonds is 5.